The summed E-state index contributed by atoms with van der Waals surface area (Å²) in [7, 11) is 0. The normalized spacial score (nSPS) is 12.9. The molecule has 1 saturated heterocycles. The standard InChI is InChI=1S/C56H51N3O5S2/c60-51(57-37-39-65-55(45-19-7-1-8-20-45,46-21-9-2-10-22-46)47-23-11-3-12-24-47)42-58(41-43-31-33-44(34-32-43)54(63)64-59-52(61)35-36-53(59)62)38-40-66-56(48-25-13-4-14-26-48,49-27-15-5-16-28-49)50-29-17-6-18-30-50/h1-34H,35-42H2,(H,57,60). The zero-order chi connectivity index (χ0) is 45.6. The van der Waals surface area contributed by atoms with E-state index in [2.05, 4.69) is 156 Å². The number of rotatable bonds is 20. The van der Waals surface area contributed by atoms with E-state index in [1.54, 1.807) is 23.9 Å². The van der Waals surface area contributed by atoms with Crippen molar-refractivity contribution in [1.29, 1.82) is 0 Å². The predicted octanol–water partition coefficient (Wildman–Crippen LogP) is 10.3. The van der Waals surface area contributed by atoms with E-state index < -0.39 is 27.3 Å². The molecule has 1 fully saturated rings. The van der Waals surface area contributed by atoms with Gasteiger partial charge in [0.1, 0.15) is 0 Å². The first-order valence-electron chi connectivity index (χ1n) is 22.1. The van der Waals surface area contributed by atoms with Crippen LogP contribution >= 0.6 is 23.5 Å². The first-order chi connectivity index (χ1) is 32.4. The molecule has 0 saturated carbocycles. The van der Waals surface area contributed by atoms with Crippen LogP contribution in [-0.2, 0) is 35.3 Å². The number of hydroxylamine groups is 2. The summed E-state index contributed by atoms with van der Waals surface area (Å²) in [6, 6.07) is 70.2. The third-order valence-corrected chi connectivity index (χ3v) is 14.8. The van der Waals surface area contributed by atoms with Crippen LogP contribution in [0.25, 0.3) is 0 Å². The molecule has 8 rings (SSSR count). The molecule has 0 unspecified atom stereocenters. The molecule has 1 heterocycles. The van der Waals surface area contributed by atoms with E-state index in [-0.39, 0.29) is 30.9 Å². The van der Waals surface area contributed by atoms with Crippen molar-refractivity contribution in [2.45, 2.75) is 28.9 Å². The minimum atomic E-state index is -0.787. The van der Waals surface area contributed by atoms with Gasteiger partial charge in [-0.05, 0) is 51.1 Å². The summed E-state index contributed by atoms with van der Waals surface area (Å²) in [5.74, 6) is -0.613. The highest BCUT2D eigenvalue weighted by atomic mass is 32.2. The Morgan fingerprint density at radius 1 is 0.515 bits per heavy atom. The molecule has 7 aromatic rings. The number of amides is 3. The van der Waals surface area contributed by atoms with Gasteiger partial charge in [0, 0.05) is 44.0 Å². The van der Waals surface area contributed by atoms with E-state index in [4.69, 9.17) is 4.84 Å². The lowest BCUT2D eigenvalue weighted by Crippen LogP contribution is -2.39. The maximum atomic E-state index is 14.1. The van der Waals surface area contributed by atoms with Gasteiger partial charge in [-0.2, -0.15) is 0 Å². The van der Waals surface area contributed by atoms with Crippen LogP contribution in [0.5, 0.6) is 0 Å². The maximum absolute atomic E-state index is 14.1. The van der Waals surface area contributed by atoms with Gasteiger partial charge in [0.25, 0.3) is 11.8 Å². The molecule has 0 radical (unpaired) electrons. The number of carbonyl (C=O) groups is 4. The number of hydrogen-bond donors (Lipinski definition) is 1. The second-order valence-electron chi connectivity index (χ2n) is 16.0. The molecule has 3 amide bonds. The predicted molar refractivity (Wildman–Crippen MR) is 265 cm³/mol. The smallest absolute Gasteiger partial charge is 0.354 e. The summed E-state index contributed by atoms with van der Waals surface area (Å²) >= 11 is 3.64. The van der Waals surface area contributed by atoms with Gasteiger partial charge in [0.2, 0.25) is 5.91 Å². The molecule has 1 aliphatic rings. The van der Waals surface area contributed by atoms with Crippen LogP contribution in [0.3, 0.4) is 0 Å². The van der Waals surface area contributed by atoms with Gasteiger partial charge in [-0.15, -0.1) is 28.6 Å². The van der Waals surface area contributed by atoms with Crippen molar-refractivity contribution in [2.75, 3.05) is 31.1 Å². The Morgan fingerprint density at radius 3 is 1.26 bits per heavy atom. The maximum Gasteiger partial charge on any atom is 0.363 e. The number of nitrogens with one attached hydrogen (secondary N) is 1. The molecular formula is C56H51N3O5S2. The fraction of sp³-hybridized carbons (Fsp3) is 0.179. The van der Waals surface area contributed by atoms with Crippen molar-refractivity contribution in [1.82, 2.24) is 15.3 Å². The van der Waals surface area contributed by atoms with Gasteiger partial charge < -0.3 is 10.2 Å². The number of imide groups is 1. The average molecular weight is 910 g/mol. The number of carbonyl (C=O) groups excluding carboxylic acids is 4. The largest absolute Gasteiger partial charge is 0.363 e. The molecule has 1 aliphatic heterocycles. The third-order valence-electron chi connectivity index (χ3n) is 11.7. The Kier molecular flexibility index (Phi) is 15.3. The SMILES string of the molecule is O=C(CN(CCSC(c1ccccc1)(c1ccccc1)c1ccccc1)Cc1ccc(C(=O)ON2C(=O)CCC2=O)cc1)NCCSC(c1ccccc1)(c1ccccc1)c1ccccc1. The molecule has 8 nitrogen and oxygen atoms in total. The van der Waals surface area contributed by atoms with Crippen LogP contribution in [-0.4, -0.2) is 64.8 Å². The van der Waals surface area contributed by atoms with Crippen molar-refractivity contribution in [3.8, 4) is 0 Å². The van der Waals surface area contributed by atoms with Crippen LogP contribution in [0.4, 0.5) is 0 Å². The van der Waals surface area contributed by atoms with Crippen LogP contribution in [0.15, 0.2) is 206 Å². The van der Waals surface area contributed by atoms with E-state index in [0.29, 0.717) is 36.2 Å². The summed E-state index contributed by atoms with van der Waals surface area (Å²) in [6.07, 6.45) is 0.0369. The number of hydrogen-bond acceptors (Lipinski definition) is 8. The van der Waals surface area contributed by atoms with E-state index in [1.165, 1.54) is 0 Å². The number of nitrogens with zero attached hydrogens (tertiary/aromatic N) is 2. The fourth-order valence-electron chi connectivity index (χ4n) is 8.53. The summed E-state index contributed by atoms with van der Waals surface area (Å²) < 4.78 is -1.03. The lowest BCUT2D eigenvalue weighted by molar-refractivity contribution is -0.172. The molecule has 0 atom stereocenters. The molecule has 66 heavy (non-hydrogen) atoms. The second-order valence-corrected chi connectivity index (χ2v) is 18.6. The molecule has 1 N–H and O–H groups in total. The molecule has 0 spiro atoms. The summed E-state index contributed by atoms with van der Waals surface area (Å²) in [6.45, 7) is 1.60. The Labute approximate surface area is 395 Å². The van der Waals surface area contributed by atoms with Crippen LogP contribution < -0.4 is 5.32 Å². The van der Waals surface area contributed by atoms with Gasteiger partial charge >= 0.3 is 5.97 Å². The minimum Gasteiger partial charge on any atom is -0.354 e. The van der Waals surface area contributed by atoms with Gasteiger partial charge in [-0.3, -0.25) is 19.3 Å². The summed E-state index contributed by atoms with van der Waals surface area (Å²) in [5, 5.41) is 3.80. The summed E-state index contributed by atoms with van der Waals surface area (Å²) in [5.41, 5.74) is 8.06. The first-order valence-corrected chi connectivity index (χ1v) is 24.1. The second kappa shape index (κ2) is 22.0. The van der Waals surface area contributed by atoms with E-state index >= 15 is 0 Å². The molecule has 332 valence electrons. The lowest BCUT2D eigenvalue weighted by Gasteiger charge is -2.36. The van der Waals surface area contributed by atoms with Crippen molar-refractivity contribution in [2.24, 2.45) is 0 Å². The molecule has 0 aliphatic carbocycles. The van der Waals surface area contributed by atoms with Crippen LogP contribution in [0.2, 0.25) is 0 Å². The Balaban J connectivity index is 1.02. The van der Waals surface area contributed by atoms with Crippen molar-refractivity contribution in [3.63, 3.8) is 0 Å². The third kappa shape index (κ3) is 10.5. The Hall–Kier alpha value is -6.72. The van der Waals surface area contributed by atoms with Crippen molar-refractivity contribution in [3.05, 3.63) is 251 Å². The highest BCUT2D eigenvalue weighted by molar-refractivity contribution is 8.00. The Bertz CT molecular complexity index is 2470. The minimum absolute atomic E-state index is 0.0184. The monoisotopic (exact) mass is 909 g/mol. The molecule has 0 bridgehead atoms. The quantitative estimate of drug-likeness (QED) is 0.0459. The fourth-order valence-corrected chi connectivity index (χ4v) is 11.5. The highest BCUT2D eigenvalue weighted by Gasteiger charge is 2.38. The van der Waals surface area contributed by atoms with Gasteiger partial charge in [0.15, 0.2) is 0 Å². The molecule has 10 heteroatoms. The number of benzene rings is 7. The average Bonchev–Trinajstić information content (AvgIpc) is 3.69. The Morgan fingerprint density at radius 2 is 0.879 bits per heavy atom. The zero-order valence-electron chi connectivity index (χ0n) is 36.5. The molecule has 0 aromatic heterocycles. The van der Waals surface area contributed by atoms with Gasteiger partial charge in [-0.25, -0.2) is 4.79 Å². The first kappa shape index (κ1) is 45.8. The van der Waals surface area contributed by atoms with Crippen LogP contribution in [0.1, 0.15) is 62.1 Å². The summed E-state index contributed by atoms with van der Waals surface area (Å²) in [4.78, 5) is 58.5. The van der Waals surface area contributed by atoms with Crippen molar-refractivity contribution >= 4 is 47.2 Å². The zero-order valence-corrected chi connectivity index (χ0v) is 38.2. The van der Waals surface area contributed by atoms with Crippen LogP contribution in [0, 0.1) is 0 Å². The number of thioether (sulfide) groups is 2. The van der Waals surface area contributed by atoms with E-state index in [1.807, 2.05) is 60.3 Å². The van der Waals surface area contributed by atoms with E-state index in [0.717, 1.165) is 38.9 Å². The lowest BCUT2D eigenvalue weighted by atomic mass is 9.84. The molecule has 7 aromatic carbocycles. The van der Waals surface area contributed by atoms with Gasteiger partial charge in [-0.1, -0.05) is 194 Å². The highest BCUT2D eigenvalue weighted by Crippen LogP contribution is 2.49. The van der Waals surface area contributed by atoms with Crippen molar-refractivity contribution < 1.29 is 24.0 Å². The molecular weight excluding hydrogens is 859 g/mol. The van der Waals surface area contributed by atoms with Gasteiger partial charge in [0.05, 0.1) is 21.6 Å². The topological polar surface area (TPSA) is 96.0 Å². The van der Waals surface area contributed by atoms with E-state index in [9.17, 15) is 19.2 Å².